The molecule has 5 N–H and O–H groups in total. The Kier molecular flexibility index (Phi) is 22.5. The lowest BCUT2D eigenvalue weighted by Gasteiger charge is -2.30. The number of rotatable bonds is 31. The Morgan fingerprint density at radius 1 is 0.725 bits per heavy atom. The Morgan fingerprint density at radius 2 is 1.37 bits per heavy atom. The number of hydrogen-bond acceptors (Lipinski definition) is 16. The normalized spacial score (nSPS) is 17.7. The van der Waals surface area contributed by atoms with Crippen LogP contribution in [0.15, 0.2) is 130 Å². The molecule has 2 amide bonds. The monoisotopic (exact) mass is 1350 g/mol. The van der Waals surface area contributed by atoms with Crippen LogP contribution in [0.1, 0.15) is 144 Å². The van der Waals surface area contributed by atoms with Crippen molar-refractivity contribution in [2.75, 3.05) is 49.7 Å². The zero-order valence-corrected chi connectivity index (χ0v) is 55.4. The fourth-order valence-corrected chi connectivity index (χ4v) is 14.3. The highest BCUT2D eigenvalue weighted by molar-refractivity contribution is 7.86. The molecule has 0 spiro atoms. The third kappa shape index (κ3) is 17.6. The molecule has 28 heteroatoms. The first-order valence-corrected chi connectivity index (χ1v) is 36.4. The van der Waals surface area contributed by atoms with Gasteiger partial charge in [0.15, 0.2) is 11.5 Å². The first-order chi connectivity index (χ1) is 42.9. The average Bonchev–Trinajstić information content (AvgIpc) is 1.61. The minimum Gasteiger partial charge on any atom is -0.748 e. The summed E-state index contributed by atoms with van der Waals surface area (Å²) in [7, 11) is -16.3. The molecule has 0 bridgehead atoms. The average molecular weight is 1350 g/mol. The maximum atomic E-state index is 13.5. The molecule has 0 saturated carbocycles. The summed E-state index contributed by atoms with van der Waals surface area (Å²) in [4.78, 5) is 33.1. The number of hydrogen-bond donors (Lipinski definition) is 5. The van der Waals surface area contributed by atoms with Crippen LogP contribution in [0.4, 0.5) is 11.4 Å². The molecule has 3 aliphatic rings. The van der Waals surface area contributed by atoms with E-state index in [0.29, 0.717) is 121 Å². The second-order valence-corrected chi connectivity index (χ2v) is 29.9. The maximum absolute atomic E-state index is 13.5. The summed E-state index contributed by atoms with van der Waals surface area (Å²) < 4.78 is 146. The topological polar surface area (TPSA) is 337 Å². The van der Waals surface area contributed by atoms with E-state index in [4.69, 9.17) is 21.3 Å². The minimum atomic E-state index is -4.65. The lowest BCUT2D eigenvalue weighted by Crippen LogP contribution is -2.29. The highest BCUT2D eigenvalue weighted by Gasteiger charge is 2.46. The Bertz CT molecular complexity index is 4190. The predicted molar refractivity (Wildman–Crippen MR) is 346 cm³/mol. The molecule has 0 radical (unpaired) electrons. The highest BCUT2D eigenvalue weighted by Crippen LogP contribution is 2.52. The number of carbonyl (C=O) groups excluding carboxylic acids is 2. The van der Waals surface area contributed by atoms with Crippen LogP contribution in [0.3, 0.4) is 0 Å². The fraction of sp³-hybridized carbons (Fsp3) is 0.429. The highest BCUT2D eigenvalue weighted by atomic mass is 35.5. The number of nitrogens with zero attached hydrogens (tertiary/aromatic N) is 6. The third-order valence-electron chi connectivity index (χ3n) is 16.7. The van der Waals surface area contributed by atoms with E-state index in [1.165, 1.54) is 24.3 Å². The number of aryl methyl sites for hydroxylation is 1. The van der Waals surface area contributed by atoms with Gasteiger partial charge in [0.2, 0.25) is 17.5 Å². The minimum absolute atomic E-state index is 0.0196. The van der Waals surface area contributed by atoms with Crippen molar-refractivity contribution in [2.24, 2.45) is 4.99 Å². The fourth-order valence-electron chi connectivity index (χ4n) is 12.0. The van der Waals surface area contributed by atoms with Crippen LogP contribution < -0.4 is 20.3 Å². The number of ether oxygens (including phenoxy) is 1. The molecule has 1 unspecified atom stereocenters. The quantitative estimate of drug-likeness (QED) is 0.0119. The summed E-state index contributed by atoms with van der Waals surface area (Å²) in [6.45, 7) is 8.96. The molecule has 23 nitrogen and oxygen atoms in total. The molecule has 4 heterocycles. The van der Waals surface area contributed by atoms with Gasteiger partial charge in [0.05, 0.1) is 56.0 Å². The summed E-state index contributed by atoms with van der Waals surface area (Å²) in [5, 5.41) is 15.4. The standard InChI is InChI=1S/C63H77ClN8O15S4/c1-43-68-69-61-52(67-60(44-22-24-45(64)25-23-44)49-39-46(87-5)26-29-53(49)72(43)61)42-59(74)66-34-14-8-13-33-65-58(73)21-11-7-12-32-63(4)51-41-48(91(84,85)86)28-31-55(51)71(36-16-18-38-89(78,79)80)57(63)20-10-6-9-19-56-62(2,3)50-40-47(90(81,82)83)27-30-54(50)70(56)35-15-17-37-88(75,76)77/h6,9-10,19-20,22-31,39-41,52H,7-8,11-18,21,32-38,42H2,1-5H3,(H5-,65,66,73,74,75,76,77,78,79,80,81,82,83,84,85,86)/t52-,63?/m0/s1. The summed E-state index contributed by atoms with van der Waals surface area (Å²) in [6.07, 6.45) is 14.4. The zero-order valence-electron chi connectivity index (χ0n) is 51.3. The molecule has 0 saturated heterocycles. The molecule has 1 aromatic heterocycles. The van der Waals surface area contributed by atoms with Crippen molar-refractivity contribution in [3.63, 3.8) is 0 Å². The lowest BCUT2D eigenvalue weighted by atomic mass is 9.77. The van der Waals surface area contributed by atoms with Crippen LogP contribution in [0.2, 0.25) is 5.02 Å². The largest absolute Gasteiger partial charge is 0.748 e. The van der Waals surface area contributed by atoms with Gasteiger partial charge in [0.25, 0.3) is 30.4 Å². The van der Waals surface area contributed by atoms with Gasteiger partial charge in [0, 0.05) is 88.9 Å². The van der Waals surface area contributed by atoms with Gasteiger partial charge < -0.3 is 24.8 Å². The number of carbonyl (C=O) groups is 2. The molecule has 5 aromatic rings. The molecule has 8 rings (SSSR count). The lowest BCUT2D eigenvalue weighted by molar-refractivity contribution is -0.438. The van der Waals surface area contributed by atoms with Crippen LogP contribution in [-0.2, 0) is 60.9 Å². The number of methoxy groups -OCH3 is 1. The number of benzene rings is 4. The van der Waals surface area contributed by atoms with E-state index < -0.39 is 68.9 Å². The number of anilines is 1. The zero-order chi connectivity index (χ0) is 66.1. The maximum Gasteiger partial charge on any atom is 0.294 e. The van der Waals surface area contributed by atoms with Crippen molar-refractivity contribution in [1.82, 2.24) is 25.4 Å². The van der Waals surface area contributed by atoms with Crippen molar-refractivity contribution >= 4 is 86.7 Å². The molecule has 4 aromatic carbocycles. The summed E-state index contributed by atoms with van der Waals surface area (Å²) in [6, 6.07) is 20.9. The SMILES string of the molecule is COc1ccc2c(c1)C(c1ccc(Cl)cc1)=N[C@@H](CC(=O)NCCCCCNC(=O)CCCCCC1(C)/C(=C/C=C/C=C/C3=[N+](CCCCS(=O)(=O)O)c4ccc(S(=O)(=O)O)cc4C3(C)C)N(CCCCS(=O)(=O)[O-])c3ccc(S(=O)(=O)O)cc31)c1nnc(C)n1-2. The summed E-state index contributed by atoms with van der Waals surface area (Å²) in [5.41, 5.74) is 5.24. The first kappa shape index (κ1) is 69.9. The summed E-state index contributed by atoms with van der Waals surface area (Å²) in [5.74, 6) is 0.455. The van der Waals surface area contributed by atoms with Crippen molar-refractivity contribution < 1.29 is 70.8 Å². The number of unbranched alkanes of at least 4 members (excludes halogenated alkanes) is 6. The molecular formula is C63H77ClN8O15S4. The van der Waals surface area contributed by atoms with E-state index >= 15 is 0 Å². The van der Waals surface area contributed by atoms with E-state index in [2.05, 4.69) is 20.8 Å². The van der Waals surface area contributed by atoms with E-state index in [0.717, 1.165) is 28.9 Å². The molecule has 3 aliphatic heterocycles. The molecular weight excluding hydrogens is 1270 g/mol. The molecule has 91 heavy (non-hydrogen) atoms. The van der Waals surface area contributed by atoms with Crippen LogP contribution in [-0.4, -0.2) is 139 Å². The van der Waals surface area contributed by atoms with E-state index in [-0.39, 0.29) is 60.3 Å². The third-order valence-corrected chi connectivity index (χ3v) is 20.2. The number of aliphatic imine (C=N–C) groups is 1. The Hall–Kier alpha value is -6.95. The summed E-state index contributed by atoms with van der Waals surface area (Å²) >= 11 is 6.25. The van der Waals surface area contributed by atoms with Gasteiger partial charge in [0.1, 0.15) is 24.2 Å². The first-order valence-electron chi connectivity index (χ1n) is 30.0. The molecule has 2 atom stereocenters. The van der Waals surface area contributed by atoms with Crippen molar-refractivity contribution in [1.29, 1.82) is 0 Å². The van der Waals surface area contributed by atoms with Crippen molar-refractivity contribution in [2.45, 2.75) is 138 Å². The number of allylic oxidation sites excluding steroid dienone is 6. The smallest absolute Gasteiger partial charge is 0.294 e. The van der Waals surface area contributed by atoms with Gasteiger partial charge in [-0.2, -0.15) is 29.8 Å². The van der Waals surface area contributed by atoms with Gasteiger partial charge >= 0.3 is 0 Å². The second-order valence-electron chi connectivity index (χ2n) is 23.6. The van der Waals surface area contributed by atoms with Gasteiger partial charge in [-0.25, -0.2) is 8.42 Å². The van der Waals surface area contributed by atoms with Gasteiger partial charge in [-0.3, -0.25) is 32.8 Å². The Morgan fingerprint density at radius 3 is 2.04 bits per heavy atom. The van der Waals surface area contributed by atoms with Crippen molar-refractivity contribution in [3.8, 4) is 11.4 Å². The van der Waals surface area contributed by atoms with Crippen LogP contribution >= 0.6 is 11.6 Å². The number of aromatic nitrogens is 3. The van der Waals surface area contributed by atoms with E-state index in [9.17, 15) is 61.5 Å². The van der Waals surface area contributed by atoms with Crippen LogP contribution in [0.5, 0.6) is 5.75 Å². The van der Waals surface area contributed by atoms with Gasteiger partial charge in [-0.1, -0.05) is 54.8 Å². The molecule has 0 fully saturated rings. The van der Waals surface area contributed by atoms with Gasteiger partial charge in [-0.05, 0) is 151 Å². The van der Waals surface area contributed by atoms with E-state index in [1.54, 1.807) is 49.6 Å². The van der Waals surface area contributed by atoms with Crippen LogP contribution in [0, 0.1) is 6.92 Å². The Labute approximate surface area is 537 Å². The van der Waals surface area contributed by atoms with Crippen LogP contribution in [0.25, 0.3) is 5.69 Å². The Balaban J connectivity index is 0.886. The number of halogens is 1. The van der Waals surface area contributed by atoms with E-state index in [1.807, 2.05) is 84.2 Å². The number of nitrogens with one attached hydrogen (secondary N) is 2. The number of fused-ring (bicyclic) bond motifs is 5. The second kappa shape index (κ2) is 29.3. The number of amides is 2. The molecule has 490 valence electrons. The molecule has 0 aliphatic carbocycles. The van der Waals surface area contributed by atoms with Gasteiger partial charge in [-0.15, -0.1) is 10.2 Å². The predicted octanol–water partition coefficient (Wildman–Crippen LogP) is 9.21. The van der Waals surface area contributed by atoms with Crippen molar-refractivity contribution in [3.05, 3.63) is 154 Å².